The maximum atomic E-state index is 14.2. The number of piperidine rings is 1. The number of hydrogen-bond acceptors (Lipinski definition) is 6. The molecule has 0 radical (unpaired) electrons. The number of rotatable bonds is 13. The summed E-state index contributed by atoms with van der Waals surface area (Å²) in [5.74, 6) is 0.598. The molecule has 3 aliphatic rings. The molecule has 2 fully saturated rings. The lowest BCUT2D eigenvalue weighted by Crippen LogP contribution is -2.40. The lowest BCUT2D eigenvalue weighted by atomic mass is 9.92. The molecule has 2 aliphatic heterocycles. The Hall–Kier alpha value is -2.51. The van der Waals surface area contributed by atoms with E-state index in [1.807, 2.05) is 12.1 Å². The highest BCUT2D eigenvalue weighted by atomic mass is 19.1. The molecule has 1 N–H and O–H groups in total. The summed E-state index contributed by atoms with van der Waals surface area (Å²) < 4.78 is 20.0. The first-order valence-corrected chi connectivity index (χ1v) is 12.9. The van der Waals surface area contributed by atoms with Crippen LogP contribution in [0.25, 0.3) is 0 Å². The highest BCUT2D eigenvalue weighted by Crippen LogP contribution is 2.32. The Kier molecular flexibility index (Phi) is 8.51. The number of hydrogen-bond donors (Lipinski definition) is 1. The fourth-order valence-corrected chi connectivity index (χ4v) is 4.84. The van der Waals surface area contributed by atoms with E-state index in [2.05, 4.69) is 27.6 Å². The van der Waals surface area contributed by atoms with Crippen LogP contribution in [0.3, 0.4) is 0 Å². The van der Waals surface area contributed by atoms with Crippen LogP contribution in [0, 0.1) is 17.7 Å². The summed E-state index contributed by atoms with van der Waals surface area (Å²) in [7, 11) is 0. The SMILES string of the molecule is CCC(CN1N=NCC1CCCCCC1CCC(=O)NC1=O)c1ccc(F)c(OCC2CC2)c1. The second-order valence-electron chi connectivity index (χ2n) is 10.0. The van der Waals surface area contributed by atoms with E-state index in [1.54, 1.807) is 0 Å². The van der Waals surface area contributed by atoms with Crippen molar-refractivity contribution in [3.63, 3.8) is 0 Å². The van der Waals surface area contributed by atoms with Gasteiger partial charge in [-0.25, -0.2) is 4.39 Å². The number of benzene rings is 1. The van der Waals surface area contributed by atoms with Gasteiger partial charge in [0.05, 0.1) is 19.2 Å². The standard InChI is InChI=1S/C26H37FN4O3/c1-2-19(21-10-12-23(27)24(14-21)34-17-18-8-9-18)16-31-22(15-28-30-31)7-5-3-4-6-20-11-13-25(32)29-26(20)33/h10,12,14,18-20,22H,2-9,11,13,15-17H2,1H3,(H,29,32,33). The highest BCUT2D eigenvalue weighted by Gasteiger charge is 2.28. The first-order chi connectivity index (χ1) is 16.5. The number of carbonyl (C=O) groups excluding carboxylic acids is 2. The second-order valence-corrected chi connectivity index (χ2v) is 10.0. The normalized spacial score (nSPS) is 23.3. The molecule has 34 heavy (non-hydrogen) atoms. The Morgan fingerprint density at radius 1 is 1.18 bits per heavy atom. The average Bonchev–Trinajstić information content (AvgIpc) is 3.55. The number of unbranched alkanes of at least 4 members (excludes halogenated alkanes) is 2. The predicted octanol–water partition coefficient (Wildman–Crippen LogP) is 5.16. The van der Waals surface area contributed by atoms with Gasteiger partial charge in [0.2, 0.25) is 11.8 Å². The van der Waals surface area contributed by atoms with Crippen LogP contribution in [0.1, 0.15) is 82.6 Å². The summed E-state index contributed by atoms with van der Waals surface area (Å²) in [6.07, 6.45) is 9.38. The minimum Gasteiger partial charge on any atom is -0.490 e. The third kappa shape index (κ3) is 6.76. The highest BCUT2D eigenvalue weighted by molar-refractivity contribution is 5.98. The lowest BCUT2D eigenvalue weighted by molar-refractivity contribution is -0.136. The fraction of sp³-hybridized carbons (Fsp3) is 0.692. The number of carbonyl (C=O) groups is 2. The fourth-order valence-electron chi connectivity index (χ4n) is 4.84. The Bertz CT molecular complexity index is 889. The number of ether oxygens (including phenoxy) is 1. The molecule has 1 aromatic rings. The molecule has 3 unspecified atom stereocenters. The van der Waals surface area contributed by atoms with Gasteiger partial charge >= 0.3 is 0 Å². The van der Waals surface area contributed by atoms with Gasteiger partial charge in [-0.15, -0.1) is 0 Å². The molecule has 2 heterocycles. The molecule has 186 valence electrons. The van der Waals surface area contributed by atoms with E-state index < -0.39 is 0 Å². The molecule has 3 atom stereocenters. The quantitative estimate of drug-likeness (QED) is 0.317. The molecular formula is C26H37FN4O3. The molecule has 4 rings (SSSR count). The van der Waals surface area contributed by atoms with Crippen molar-refractivity contribution < 1.29 is 18.7 Å². The van der Waals surface area contributed by atoms with E-state index in [9.17, 15) is 14.0 Å². The van der Waals surface area contributed by atoms with Crippen LogP contribution < -0.4 is 10.1 Å². The van der Waals surface area contributed by atoms with Crippen molar-refractivity contribution in [1.82, 2.24) is 10.3 Å². The molecule has 1 saturated carbocycles. The first kappa shape index (κ1) is 24.6. The van der Waals surface area contributed by atoms with Crippen LogP contribution in [0.4, 0.5) is 4.39 Å². The molecule has 1 aromatic carbocycles. The van der Waals surface area contributed by atoms with Crippen molar-refractivity contribution in [3.05, 3.63) is 29.6 Å². The van der Waals surface area contributed by atoms with Crippen LogP contribution in [0.2, 0.25) is 0 Å². The number of halogens is 1. The molecule has 2 amide bonds. The summed E-state index contributed by atoms with van der Waals surface area (Å²) in [6.45, 7) is 4.22. The van der Waals surface area contributed by atoms with Gasteiger partial charge in [0.25, 0.3) is 0 Å². The van der Waals surface area contributed by atoms with Gasteiger partial charge in [-0.2, -0.15) is 5.11 Å². The summed E-state index contributed by atoms with van der Waals surface area (Å²) >= 11 is 0. The van der Waals surface area contributed by atoms with E-state index in [0.717, 1.165) is 50.6 Å². The van der Waals surface area contributed by atoms with Crippen molar-refractivity contribution in [1.29, 1.82) is 0 Å². The maximum Gasteiger partial charge on any atom is 0.229 e. The second kappa shape index (κ2) is 11.8. The number of nitrogens with zero attached hydrogens (tertiary/aromatic N) is 3. The van der Waals surface area contributed by atoms with E-state index in [4.69, 9.17) is 4.74 Å². The maximum absolute atomic E-state index is 14.2. The van der Waals surface area contributed by atoms with E-state index in [-0.39, 0.29) is 35.5 Å². The van der Waals surface area contributed by atoms with Gasteiger partial charge in [-0.05, 0) is 62.1 Å². The predicted molar refractivity (Wildman–Crippen MR) is 127 cm³/mol. The molecule has 0 aromatic heterocycles. The molecule has 8 heteroatoms. The van der Waals surface area contributed by atoms with Gasteiger partial charge in [0.1, 0.15) is 0 Å². The molecule has 0 bridgehead atoms. The minimum absolute atomic E-state index is 0.0233. The molecule has 0 spiro atoms. The van der Waals surface area contributed by atoms with Gasteiger partial charge in [-0.1, -0.05) is 37.5 Å². The number of amides is 2. The van der Waals surface area contributed by atoms with Crippen molar-refractivity contribution >= 4 is 11.8 Å². The Morgan fingerprint density at radius 2 is 2.00 bits per heavy atom. The van der Waals surface area contributed by atoms with Crippen LogP contribution in [-0.2, 0) is 9.59 Å². The summed E-state index contributed by atoms with van der Waals surface area (Å²) in [6, 6.07) is 5.54. The third-order valence-electron chi connectivity index (χ3n) is 7.33. The van der Waals surface area contributed by atoms with Crippen molar-refractivity contribution in [2.24, 2.45) is 22.2 Å². The molecule has 1 aliphatic carbocycles. The lowest BCUT2D eigenvalue weighted by Gasteiger charge is -2.27. The molecule has 1 saturated heterocycles. The Morgan fingerprint density at radius 3 is 2.76 bits per heavy atom. The Labute approximate surface area is 201 Å². The number of imide groups is 1. The van der Waals surface area contributed by atoms with Gasteiger partial charge in [-0.3, -0.25) is 19.9 Å². The zero-order chi connectivity index (χ0) is 23.9. The summed E-state index contributed by atoms with van der Waals surface area (Å²) in [5.41, 5.74) is 1.08. The average molecular weight is 473 g/mol. The van der Waals surface area contributed by atoms with Crippen LogP contribution in [0.15, 0.2) is 28.5 Å². The van der Waals surface area contributed by atoms with Gasteiger partial charge in [0.15, 0.2) is 11.6 Å². The summed E-state index contributed by atoms with van der Waals surface area (Å²) in [5, 5.41) is 13.2. The van der Waals surface area contributed by atoms with Crippen molar-refractivity contribution in [3.8, 4) is 5.75 Å². The monoisotopic (exact) mass is 472 g/mol. The van der Waals surface area contributed by atoms with Gasteiger partial charge < -0.3 is 4.74 Å². The Balaban J connectivity index is 1.22. The minimum atomic E-state index is -0.296. The van der Waals surface area contributed by atoms with E-state index in [1.165, 1.54) is 18.9 Å². The topological polar surface area (TPSA) is 83.4 Å². The zero-order valence-corrected chi connectivity index (χ0v) is 20.2. The third-order valence-corrected chi connectivity index (χ3v) is 7.33. The molecular weight excluding hydrogens is 435 g/mol. The zero-order valence-electron chi connectivity index (χ0n) is 20.2. The van der Waals surface area contributed by atoms with Crippen LogP contribution in [0.5, 0.6) is 5.75 Å². The van der Waals surface area contributed by atoms with Crippen molar-refractivity contribution in [2.75, 3.05) is 19.7 Å². The van der Waals surface area contributed by atoms with Crippen LogP contribution in [-0.4, -0.2) is 42.6 Å². The van der Waals surface area contributed by atoms with Crippen molar-refractivity contribution in [2.45, 2.75) is 83.1 Å². The summed E-state index contributed by atoms with van der Waals surface area (Å²) in [4.78, 5) is 23.2. The number of nitrogens with one attached hydrogen (secondary N) is 1. The van der Waals surface area contributed by atoms with E-state index >= 15 is 0 Å². The largest absolute Gasteiger partial charge is 0.490 e. The van der Waals surface area contributed by atoms with Crippen LogP contribution >= 0.6 is 0 Å². The van der Waals surface area contributed by atoms with Gasteiger partial charge in [0, 0.05) is 24.8 Å². The first-order valence-electron chi connectivity index (χ1n) is 12.9. The smallest absolute Gasteiger partial charge is 0.229 e. The van der Waals surface area contributed by atoms with E-state index in [0.29, 0.717) is 37.7 Å². The molecule has 7 nitrogen and oxygen atoms in total.